The molecule has 6 heteroatoms. The molecule has 0 spiro atoms. The van der Waals surface area contributed by atoms with Crippen LogP contribution in [0, 0.1) is 11.3 Å². The third kappa shape index (κ3) is 4.94. The molecule has 3 rings (SSSR count). The van der Waals surface area contributed by atoms with E-state index in [1.54, 1.807) is 30.3 Å². The first-order valence-electron chi connectivity index (χ1n) is 9.91. The Balaban J connectivity index is 1.83. The maximum Gasteiger partial charge on any atom is 0.335 e. The van der Waals surface area contributed by atoms with E-state index in [-0.39, 0.29) is 11.6 Å². The maximum absolute atomic E-state index is 11.5. The van der Waals surface area contributed by atoms with Crippen molar-refractivity contribution in [2.75, 3.05) is 25.0 Å². The van der Waals surface area contributed by atoms with Crippen LogP contribution in [0.5, 0.6) is 0 Å². The fourth-order valence-corrected chi connectivity index (χ4v) is 4.13. The van der Waals surface area contributed by atoms with Crippen LogP contribution in [0.4, 0.5) is 5.69 Å². The molecule has 0 aromatic heterocycles. The summed E-state index contributed by atoms with van der Waals surface area (Å²) in [6.45, 7) is 1.53. The first-order valence-corrected chi connectivity index (χ1v) is 9.91. The molecule has 1 saturated heterocycles. The summed E-state index contributed by atoms with van der Waals surface area (Å²) in [5.41, 5.74) is 1.99. The summed E-state index contributed by atoms with van der Waals surface area (Å²) < 4.78 is 0. The molecule has 1 unspecified atom stereocenters. The van der Waals surface area contributed by atoms with Crippen molar-refractivity contribution in [2.24, 2.45) is 0 Å². The van der Waals surface area contributed by atoms with Crippen LogP contribution in [0.15, 0.2) is 48.5 Å². The Morgan fingerprint density at radius 2 is 1.93 bits per heavy atom. The average molecular weight is 393 g/mol. The number of carbonyl (C=O) groups is 1. The van der Waals surface area contributed by atoms with Crippen molar-refractivity contribution >= 4 is 11.7 Å². The van der Waals surface area contributed by atoms with E-state index in [4.69, 9.17) is 10.4 Å². The highest BCUT2D eigenvalue weighted by Gasteiger charge is 2.40. The number of hydrogen-bond acceptors (Lipinski definition) is 5. The summed E-state index contributed by atoms with van der Waals surface area (Å²) in [5, 5.41) is 33.0. The van der Waals surface area contributed by atoms with E-state index in [1.807, 2.05) is 25.2 Å². The van der Waals surface area contributed by atoms with Crippen molar-refractivity contribution in [3.8, 4) is 6.07 Å². The van der Waals surface area contributed by atoms with Crippen molar-refractivity contribution in [1.82, 2.24) is 5.32 Å². The number of carboxylic acid groups (broad SMARTS) is 1. The normalized spacial score (nSPS) is 16.6. The lowest BCUT2D eigenvalue weighted by Gasteiger charge is -2.45. The lowest BCUT2D eigenvalue weighted by Crippen LogP contribution is -2.56. The van der Waals surface area contributed by atoms with Gasteiger partial charge in [-0.1, -0.05) is 12.1 Å². The van der Waals surface area contributed by atoms with Gasteiger partial charge in [-0.3, -0.25) is 0 Å². The molecule has 0 radical (unpaired) electrons. The number of anilines is 1. The number of rotatable bonds is 7. The van der Waals surface area contributed by atoms with Gasteiger partial charge in [-0.05, 0) is 80.7 Å². The van der Waals surface area contributed by atoms with Crippen molar-refractivity contribution in [2.45, 2.75) is 37.3 Å². The van der Waals surface area contributed by atoms with Crippen LogP contribution < -0.4 is 10.2 Å². The Morgan fingerprint density at radius 1 is 1.24 bits per heavy atom. The predicted octanol–water partition coefficient (Wildman–Crippen LogP) is 2.81. The van der Waals surface area contributed by atoms with E-state index < -0.39 is 11.6 Å². The number of benzene rings is 2. The van der Waals surface area contributed by atoms with Crippen LogP contribution in [0.1, 0.15) is 40.7 Å². The number of aromatic carboxylic acids is 1. The first kappa shape index (κ1) is 20.8. The monoisotopic (exact) mass is 393 g/mol. The zero-order valence-electron chi connectivity index (χ0n) is 16.6. The summed E-state index contributed by atoms with van der Waals surface area (Å²) >= 11 is 0. The molecule has 2 aromatic carbocycles. The van der Waals surface area contributed by atoms with Gasteiger partial charge in [0.2, 0.25) is 0 Å². The quantitative estimate of drug-likeness (QED) is 0.669. The van der Waals surface area contributed by atoms with Gasteiger partial charge in [0, 0.05) is 12.7 Å². The molecular formula is C23H27N3O3. The van der Waals surface area contributed by atoms with Gasteiger partial charge in [0.05, 0.1) is 28.8 Å². The summed E-state index contributed by atoms with van der Waals surface area (Å²) in [4.78, 5) is 13.2. The van der Waals surface area contributed by atoms with Gasteiger partial charge >= 0.3 is 5.97 Å². The minimum atomic E-state index is -0.954. The lowest BCUT2D eigenvalue weighted by atomic mass is 9.81. The Bertz CT molecular complexity index is 883. The number of likely N-dealkylation sites (N-methyl/N-ethyl adjacent to an activating group) is 1. The highest BCUT2D eigenvalue weighted by molar-refractivity contribution is 5.88. The predicted molar refractivity (Wildman–Crippen MR) is 112 cm³/mol. The third-order valence-corrected chi connectivity index (χ3v) is 5.84. The zero-order valence-corrected chi connectivity index (χ0v) is 16.6. The molecule has 1 aliphatic heterocycles. The molecule has 0 aliphatic carbocycles. The molecule has 0 saturated carbocycles. The van der Waals surface area contributed by atoms with Gasteiger partial charge in [-0.25, -0.2) is 4.79 Å². The van der Waals surface area contributed by atoms with E-state index in [9.17, 15) is 9.90 Å². The second-order valence-electron chi connectivity index (χ2n) is 7.68. The molecule has 1 aliphatic rings. The summed E-state index contributed by atoms with van der Waals surface area (Å²) in [6.07, 6.45) is 2.79. The summed E-state index contributed by atoms with van der Waals surface area (Å²) in [7, 11) is 1.95. The fourth-order valence-electron chi connectivity index (χ4n) is 4.13. The lowest BCUT2D eigenvalue weighted by molar-refractivity contribution is -0.0167. The smallest absolute Gasteiger partial charge is 0.335 e. The molecule has 0 amide bonds. The van der Waals surface area contributed by atoms with Crippen LogP contribution in [0.2, 0.25) is 0 Å². The second-order valence-corrected chi connectivity index (χ2v) is 7.68. The Labute approximate surface area is 171 Å². The number of nitrogens with one attached hydrogen (secondary N) is 1. The average Bonchev–Trinajstić information content (AvgIpc) is 2.74. The number of nitrogens with zero attached hydrogens (tertiary/aromatic N) is 2. The van der Waals surface area contributed by atoms with Crippen molar-refractivity contribution < 1.29 is 15.0 Å². The number of aryl methyl sites for hydroxylation is 1. The largest absolute Gasteiger partial charge is 0.478 e. The number of piperidine rings is 1. The molecule has 2 aromatic rings. The van der Waals surface area contributed by atoms with Crippen LogP contribution in [0.25, 0.3) is 0 Å². The molecule has 1 heterocycles. The second kappa shape index (κ2) is 9.08. The van der Waals surface area contributed by atoms with E-state index in [2.05, 4.69) is 16.3 Å². The molecule has 3 N–H and O–H groups in total. The SMILES string of the molecule is CN(c1ccc(C(=O)O)cc1)C(CCc1cccc(C#N)c1)C1(O)CCNCC1. The van der Waals surface area contributed by atoms with Crippen molar-refractivity contribution in [3.05, 3.63) is 65.2 Å². The van der Waals surface area contributed by atoms with Crippen LogP contribution in [-0.4, -0.2) is 48.0 Å². The van der Waals surface area contributed by atoms with Gasteiger partial charge in [0.25, 0.3) is 0 Å². The molecule has 1 atom stereocenters. The highest BCUT2D eigenvalue weighted by atomic mass is 16.4. The van der Waals surface area contributed by atoms with Crippen molar-refractivity contribution in [3.63, 3.8) is 0 Å². The van der Waals surface area contributed by atoms with Crippen LogP contribution in [0.3, 0.4) is 0 Å². The summed E-state index contributed by atoms with van der Waals surface area (Å²) in [5.74, 6) is -0.954. The van der Waals surface area contributed by atoms with Crippen LogP contribution in [-0.2, 0) is 6.42 Å². The van der Waals surface area contributed by atoms with Gasteiger partial charge in [0.1, 0.15) is 0 Å². The molecule has 0 bridgehead atoms. The van der Waals surface area contributed by atoms with Gasteiger partial charge in [-0.2, -0.15) is 5.26 Å². The van der Waals surface area contributed by atoms with Gasteiger partial charge in [-0.15, -0.1) is 0 Å². The van der Waals surface area contributed by atoms with Gasteiger partial charge < -0.3 is 20.4 Å². The topological polar surface area (TPSA) is 96.6 Å². The molecule has 1 fully saturated rings. The van der Waals surface area contributed by atoms with Gasteiger partial charge in [0.15, 0.2) is 0 Å². The number of aliphatic hydroxyl groups is 1. The minimum absolute atomic E-state index is 0.133. The first-order chi connectivity index (χ1) is 13.9. The Morgan fingerprint density at radius 3 is 2.55 bits per heavy atom. The maximum atomic E-state index is 11.5. The summed E-state index contributed by atoms with van der Waals surface area (Å²) in [6, 6.07) is 16.4. The molecular weight excluding hydrogens is 366 g/mol. The Hall–Kier alpha value is -2.88. The zero-order chi connectivity index (χ0) is 20.9. The molecule has 152 valence electrons. The van der Waals surface area contributed by atoms with Crippen LogP contribution >= 0.6 is 0 Å². The van der Waals surface area contributed by atoms with Crippen molar-refractivity contribution in [1.29, 1.82) is 5.26 Å². The Kier molecular flexibility index (Phi) is 6.53. The van der Waals surface area contributed by atoms with E-state index in [0.29, 0.717) is 18.4 Å². The van der Waals surface area contributed by atoms with E-state index in [1.165, 1.54) is 0 Å². The van der Waals surface area contributed by atoms with E-state index >= 15 is 0 Å². The number of nitriles is 1. The third-order valence-electron chi connectivity index (χ3n) is 5.84. The number of carboxylic acids is 1. The fraction of sp³-hybridized carbons (Fsp3) is 0.391. The molecule has 6 nitrogen and oxygen atoms in total. The van der Waals surface area contributed by atoms with E-state index in [0.717, 1.165) is 37.2 Å². The standard InChI is InChI=1S/C23H27N3O3/c1-26(20-8-6-19(7-9-20)22(27)28)21(23(29)11-13-25-14-12-23)10-5-17-3-2-4-18(15-17)16-24/h2-4,6-9,15,21,25,29H,5,10-14H2,1H3,(H,27,28). The number of hydrogen-bond donors (Lipinski definition) is 3. The minimum Gasteiger partial charge on any atom is -0.478 e. The highest BCUT2D eigenvalue weighted by Crippen LogP contribution is 2.32. The molecule has 29 heavy (non-hydrogen) atoms.